The summed E-state index contributed by atoms with van der Waals surface area (Å²) in [6, 6.07) is 13.3. The van der Waals surface area contributed by atoms with E-state index < -0.39 is 6.10 Å². The largest absolute Gasteiger partial charge is 0.481 e. The first kappa shape index (κ1) is 19.0. The Balaban J connectivity index is 1.90. The fraction of sp³-hybridized carbons (Fsp3) is 0.300. The molecule has 132 valence electrons. The predicted octanol–water partition coefficient (Wildman–Crippen LogP) is 4.69. The second-order valence-electron chi connectivity index (χ2n) is 6.23. The molecular weight excluding hydrogens is 336 g/mol. The van der Waals surface area contributed by atoms with E-state index in [9.17, 15) is 4.79 Å². The van der Waals surface area contributed by atoms with Crippen molar-refractivity contribution >= 4 is 23.7 Å². The van der Waals surface area contributed by atoms with Crippen LogP contribution in [0, 0.1) is 6.92 Å². The van der Waals surface area contributed by atoms with Gasteiger partial charge in [0.15, 0.2) is 6.10 Å². The summed E-state index contributed by atoms with van der Waals surface area (Å²) in [4.78, 5) is 12.1. The van der Waals surface area contributed by atoms with Gasteiger partial charge in [-0.3, -0.25) is 4.79 Å². The Bertz CT molecular complexity index is 755. The van der Waals surface area contributed by atoms with Crippen molar-refractivity contribution < 1.29 is 9.53 Å². The second-order valence-corrected chi connectivity index (χ2v) is 6.66. The molecule has 4 nitrogen and oxygen atoms in total. The number of carbonyl (C=O) groups excluding carboxylic acids is 1. The molecule has 1 N–H and O–H groups in total. The van der Waals surface area contributed by atoms with E-state index in [1.54, 1.807) is 31.3 Å². The first-order valence-corrected chi connectivity index (χ1v) is 8.60. The van der Waals surface area contributed by atoms with Crippen molar-refractivity contribution in [1.29, 1.82) is 0 Å². The van der Waals surface area contributed by atoms with Crippen LogP contribution in [0.4, 0.5) is 0 Å². The molecule has 0 aliphatic heterocycles. The highest BCUT2D eigenvalue weighted by Crippen LogP contribution is 2.22. The fourth-order valence-electron chi connectivity index (χ4n) is 2.22. The van der Waals surface area contributed by atoms with Crippen molar-refractivity contribution in [3.8, 4) is 5.75 Å². The van der Waals surface area contributed by atoms with Crippen LogP contribution in [0.25, 0.3) is 0 Å². The molecule has 0 aliphatic rings. The Morgan fingerprint density at radius 2 is 1.84 bits per heavy atom. The lowest BCUT2D eigenvalue weighted by Crippen LogP contribution is -2.33. The monoisotopic (exact) mass is 358 g/mol. The number of nitrogens with zero attached hydrogens (tertiary/aromatic N) is 1. The van der Waals surface area contributed by atoms with E-state index in [0.29, 0.717) is 16.7 Å². The lowest BCUT2D eigenvalue weighted by Gasteiger charge is -2.14. The number of rotatable bonds is 6. The zero-order chi connectivity index (χ0) is 18.4. The van der Waals surface area contributed by atoms with Crippen LogP contribution in [0.15, 0.2) is 47.6 Å². The molecule has 1 atom stereocenters. The molecular formula is C20H23ClN2O2. The lowest BCUT2D eigenvalue weighted by atomic mass is 10.0. The van der Waals surface area contributed by atoms with Gasteiger partial charge >= 0.3 is 0 Å². The van der Waals surface area contributed by atoms with Crippen LogP contribution >= 0.6 is 11.6 Å². The van der Waals surface area contributed by atoms with E-state index in [0.717, 1.165) is 11.1 Å². The average molecular weight is 359 g/mol. The summed E-state index contributed by atoms with van der Waals surface area (Å²) in [6.07, 6.45) is 0.947. The van der Waals surface area contributed by atoms with Crippen molar-refractivity contribution in [1.82, 2.24) is 5.43 Å². The number of carbonyl (C=O) groups is 1. The number of hydrogen-bond acceptors (Lipinski definition) is 3. The average Bonchev–Trinajstić information content (AvgIpc) is 2.57. The maximum absolute atomic E-state index is 12.1. The van der Waals surface area contributed by atoms with Crippen molar-refractivity contribution in [3.63, 3.8) is 0 Å². The van der Waals surface area contributed by atoms with E-state index in [1.807, 2.05) is 19.1 Å². The smallest absolute Gasteiger partial charge is 0.280 e. The van der Waals surface area contributed by atoms with E-state index >= 15 is 0 Å². The molecule has 2 aromatic carbocycles. The van der Waals surface area contributed by atoms with Crippen molar-refractivity contribution in [2.24, 2.45) is 5.10 Å². The molecule has 0 unspecified atom stereocenters. The van der Waals surface area contributed by atoms with Gasteiger partial charge in [-0.2, -0.15) is 5.10 Å². The van der Waals surface area contributed by atoms with Crippen LogP contribution in [-0.2, 0) is 4.79 Å². The molecule has 0 bridgehead atoms. The molecule has 2 rings (SSSR count). The molecule has 0 heterocycles. The summed E-state index contributed by atoms with van der Waals surface area (Å²) in [5, 5.41) is 4.62. The van der Waals surface area contributed by atoms with Crippen LogP contribution in [0.2, 0.25) is 5.02 Å². The molecule has 25 heavy (non-hydrogen) atoms. The maximum atomic E-state index is 12.1. The molecule has 0 radical (unpaired) electrons. The topological polar surface area (TPSA) is 50.7 Å². The Morgan fingerprint density at radius 1 is 1.16 bits per heavy atom. The van der Waals surface area contributed by atoms with Crippen molar-refractivity contribution in [3.05, 3.63) is 64.2 Å². The molecule has 0 saturated heterocycles. The lowest BCUT2D eigenvalue weighted by molar-refractivity contribution is -0.127. The number of benzene rings is 2. The Hall–Kier alpha value is -2.33. The molecule has 0 spiro atoms. The SMILES string of the molecule is Cc1cc(Cl)ccc1O[C@@H](C)C(=O)N/N=C\c1ccc(C(C)C)cc1. The van der Waals surface area contributed by atoms with Gasteiger partial charge in [-0.25, -0.2) is 5.43 Å². The molecule has 0 aliphatic carbocycles. The van der Waals surface area contributed by atoms with E-state index in [1.165, 1.54) is 5.56 Å². The van der Waals surface area contributed by atoms with Crippen LogP contribution in [-0.4, -0.2) is 18.2 Å². The molecule has 2 aromatic rings. The Morgan fingerprint density at radius 3 is 2.44 bits per heavy atom. The summed E-state index contributed by atoms with van der Waals surface area (Å²) in [5.41, 5.74) is 5.56. The van der Waals surface area contributed by atoms with Gasteiger partial charge in [-0.15, -0.1) is 0 Å². The van der Waals surface area contributed by atoms with Gasteiger partial charge in [0.2, 0.25) is 0 Å². The number of aryl methyl sites for hydroxylation is 1. The third-order valence-electron chi connectivity index (χ3n) is 3.80. The first-order chi connectivity index (χ1) is 11.9. The third-order valence-corrected chi connectivity index (χ3v) is 4.04. The van der Waals surface area contributed by atoms with Crippen molar-refractivity contribution in [2.45, 2.75) is 39.7 Å². The fourth-order valence-corrected chi connectivity index (χ4v) is 2.44. The number of halogens is 1. The molecule has 0 fully saturated rings. The highest BCUT2D eigenvalue weighted by atomic mass is 35.5. The number of hydrogen-bond donors (Lipinski definition) is 1. The van der Waals surface area contributed by atoms with Gasteiger partial charge in [0.05, 0.1) is 6.21 Å². The predicted molar refractivity (Wildman–Crippen MR) is 103 cm³/mol. The van der Waals surface area contributed by atoms with E-state index in [4.69, 9.17) is 16.3 Å². The quantitative estimate of drug-likeness (QED) is 0.601. The zero-order valence-corrected chi connectivity index (χ0v) is 15.7. The molecule has 0 aromatic heterocycles. The minimum atomic E-state index is -0.666. The zero-order valence-electron chi connectivity index (χ0n) is 14.9. The molecule has 0 saturated carbocycles. The maximum Gasteiger partial charge on any atom is 0.280 e. The van der Waals surface area contributed by atoms with Crippen LogP contribution in [0.1, 0.15) is 43.4 Å². The number of amides is 1. The molecule has 5 heteroatoms. The third kappa shape index (κ3) is 5.61. The normalized spacial score (nSPS) is 12.4. The standard InChI is InChI=1S/C20H23ClN2O2/c1-13(2)17-7-5-16(6-8-17)12-22-23-20(24)15(4)25-19-10-9-18(21)11-14(19)3/h5-13,15H,1-4H3,(H,23,24)/b22-12-/t15-/m0/s1. The van der Waals surface area contributed by atoms with E-state index in [2.05, 4.69) is 36.5 Å². The van der Waals surface area contributed by atoms with Gasteiger partial charge in [-0.1, -0.05) is 49.7 Å². The Kier molecular flexibility index (Phi) is 6.59. The number of nitrogens with one attached hydrogen (secondary N) is 1. The van der Waals surface area contributed by atoms with Crippen LogP contribution < -0.4 is 10.2 Å². The molecule has 1 amide bonds. The highest BCUT2D eigenvalue weighted by molar-refractivity contribution is 6.30. The summed E-state index contributed by atoms with van der Waals surface area (Å²) in [5.74, 6) is 0.796. The number of ether oxygens (including phenoxy) is 1. The van der Waals surface area contributed by atoms with Gasteiger partial charge in [-0.05, 0) is 54.7 Å². The van der Waals surface area contributed by atoms with E-state index in [-0.39, 0.29) is 5.91 Å². The van der Waals surface area contributed by atoms with Gasteiger partial charge in [0, 0.05) is 5.02 Å². The minimum Gasteiger partial charge on any atom is -0.481 e. The van der Waals surface area contributed by atoms with Gasteiger partial charge in [0.25, 0.3) is 5.91 Å². The van der Waals surface area contributed by atoms with Crippen molar-refractivity contribution in [2.75, 3.05) is 0 Å². The summed E-state index contributed by atoms with van der Waals surface area (Å²) >= 11 is 5.92. The van der Waals surface area contributed by atoms with Gasteiger partial charge in [0.1, 0.15) is 5.75 Å². The number of hydrazone groups is 1. The summed E-state index contributed by atoms with van der Waals surface area (Å²) in [6.45, 7) is 7.85. The minimum absolute atomic E-state index is 0.315. The second kappa shape index (κ2) is 8.67. The first-order valence-electron chi connectivity index (χ1n) is 8.22. The van der Waals surface area contributed by atoms with Gasteiger partial charge < -0.3 is 4.74 Å². The van der Waals surface area contributed by atoms with Crippen LogP contribution in [0.5, 0.6) is 5.75 Å². The summed E-state index contributed by atoms with van der Waals surface area (Å²) in [7, 11) is 0. The highest BCUT2D eigenvalue weighted by Gasteiger charge is 2.15. The van der Waals surface area contributed by atoms with Crippen LogP contribution in [0.3, 0.4) is 0 Å². The summed E-state index contributed by atoms with van der Waals surface area (Å²) < 4.78 is 5.66. The Labute approximate surface area is 153 Å².